The summed E-state index contributed by atoms with van der Waals surface area (Å²) in [6.07, 6.45) is 1.47. The van der Waals surface area contributed by atoms with Crippen LogP contribution in [0.3, 0.4) is 0 Å². The molecule has 0 aliphatic carbocycles. The number of anilines is 1. The maximum Gasteiger partial charge on any atom is 0.350 e. The molecule has 2 aromatic heterocycles. The number of fused-ring (bicyclic) bond motifs is 1. The summed E-state index contributed by atoms with van der Waals surface area (Å²) in [5.41, 5.74) is 6.59. The van der Waals surface area contributed by atoms with E-state index in [-0.39, 0.29) is 12.4 Å². The molecule has 11 heteroatoms. The monoisotopic (exact) mass is 317 g/mol. The summed E-state index contributed by atoms with van der Waals surface area (Å²) in [6.45, 7) is 2.11. The number of hydrogen-bond donors (Lipinski definition) is 3. The van der Waals surface area contributed by atoms with Crippen LogP contribution in [0, 0.1) is 0 Å². The van der Waals surface area contributed by atoms with Gasteiger partial charge in [0, 0.05) is 6.61 Å². The van der Waals surface area contributed by atoms with Gasteiger partial charge in [-0.3, -0.25) is 9.13 Å². The summed E-state index contributed by atoms with van der Waals surface area (Å²) in [5, 5.41) is 0. The van der Waals surface area contributed by atoms with Crippen molar-refractivity contribution in [3.05, 3.63) is 12.7 Å². The molecule has 0 saturated carbocycles. The molecule has 0 aliphatic rings. The van der Waals surface area contributed by atoms with Crippen LogP contribution in [-0.4, -0.2) is 48.9 Å². The first-order valence-electron chi connectivity index (χ1n) is 6.09. The smallest absolute Gasteiger partial charge is 0.350 e. The highest BCUT2D eigenvalue weighted by molar-refractivity contribution is 7.51. The third-order valence-corrected chi connectivity index (χ3v) is 3.10. The Bertz CT molecular complexity index is 656. The minimum atomic E-state index is -4.22. The second-order valence-corrected chi connectivity index (χ2v) is 5.75. The molecule has 0 fully saturated rings. The molecule has 4 N–H and O–H groups in total. The molecule has 0 saturated heterocycles. The van der Waals surface area contributed by atoms with Gasteiger partial charge in [0.15, 0.2) is 17.7 Å². The Morgan fingerprint density at radius 2 is 2.19 bits per heavy atom. The molecule has 21 heavy (non-hydrogen) atoms. The Kier molecular flexibility index (Phi) is 4.86. The summed E-state index contributed by atoms with van der Waals surface area (Å²) in [7, 11) is -4.22. The van der Waals surface area contributed by atoms with Gasteiger partial charge in [-0.2, -0.15) is 0 Å². The van der Waals surface area contributed by atoms with E-state index in [0.29, 0.717) is 17.8 Å². The fourth-order valence-corrected chi connectivity index (χ4v) is 2.10. The average Bonchev–Trinajstić information content (AvgIpc) is 2.81. The second kappa shape index (κ2) is 6.46. The summed E-state index contributed by atoms with van der Waals surface area (Å²) in [6, 6.07) is 0. The van der Waals surface area contributed by atoms with Gasteiger partial charge >= 0.3 is 7.60 Å². The lowest BCUT2D eigenvalue weighted by molar-refractivity contribution is -0.0446. The van der Waals surface area contributed by atoms with Crippen molar-refractivity contribution in [1.29, 1.82) is 0 Å². The highest BCUT2D eigenvalue weighted by atomic mass is 31.2. The zero-order chi connectivity index (χ0) is 15.5. The molecule has 0 bridgehead atoms. The quantitative estimate of drug-likeness (QED) is 0.605. The Hall–Kier alpha value is -1.58. The van der Waals surface area contributed by atoms with Crippen molar-refractivity contribution in [2.75, 3.05) is 25.3 Å². The minimum absolute atomic E-state index is 0.0612. The Balaban J connectivity index is 2.20. The van der Waals surface area contributed by atoms with E-state index in [2.05, 4.69) is 15.0 Å². The van der Waals surface area contributed by atoms with Crippen LogP contribution in [-0.2, 0) is 14.0 Å². The van der Waals surface area contributed by atoms with Crippen LogP contribution >= 0.6 is 7.60 Å². The zero-order valence-corrected chi connectivity index (χ0v) is 12.2. The zero-order valence-electron chi connectivity index (χ0n) is 11.3. The van der Waals surface area contributed by atoms with Crippen molar-refractivity contribution >= 4 is 24.6 Å². The van der Waals surface area contributed by atoms with Gasteiger partial charge in [0.1, 0.15) is 18.2 Å². The fraction of sp³-hybridized carbons (Fsp3) is 0.500. The van der Waals surface area contributed by atoms with Crippen LogP contribution < -0.4 is 5.73 Å². The predicted octanol–water partition coefficient (Wildman–Crippen LogP) is 0.0954. The van der Waals surface area contributed by atoms with Gasteiger partial charge in [0.05, 0.1) is 12.9 Å². The van der Waals surface area contributed by atoms with E-state index in [1.54, 1.807) is 11.5 Å². The van der Waals surface area contributed by atoms with Crippen molar-refractivity contribution in [3.63, 3.8) is 0 Å². The van der Waals surface area contributed by atoms with Crippen LogP contribution in [0.5, 0.6) is 0 Å². The lowest BCUT2D eigenvalue weighted by atomic mass is 10.5. The molecular formula is C10H16N5O5P. The first-order valence-corrected chi connectivity index (χ1v) is 7.89. The second-order valence-electron chi connectivity index (χ2n) is 4.16. The molecular weight excluding hydrogens is 301 g/mol. The first kappa shape index (κ1) is 15.8. The molecule has 0 aliphatic heterocycles. The molecule has 0 spiro atoms. The van der Waals surface area contributed by atoms with E-state index in [0.717, 1.165) is 0 Å². The van der Waals surface area contributed by atoms with Gasteiger partial charge in [-0.15, -0.1) is 0 Å². The number of ether oxygens (including phenoxy) is 2. The largest absolute Gasteiger partial charge is 0.382 e. The summed E-state index contributed by atoms with van der Waals surface area (Å²) in [4.78, 5) is 29.6. The van der Waals surface area contributed by atoms with Gasteiger partial charge in [-0.25, -0.2) is 15.0 Å². The highest BCUT2D eigenvalue weighted by Gasteiger charge is 2.19. The van der Waals surface area contributed by atoms with E-state index in [1.165, 1.54) is 12.7 Å². The Labute approximate surface area is 120 Å². The van der Waals surface area contributed by atoms with Gasteiger partial charge in [-0.1, -0.05) is 0 Å². The molecule has 2 heterocycles. The summed E-state index contributed by atoms with van der Waals surface area (Å²) in [5.74, 6) is 0.241. The fourth-order valence-electron chi connectivity index (χ4n) is 1.75. The number of imidazole rings is 1. The van der Waals surface area contributed by atoms with E-state index < -0.39 is 20.2 Å². The van der Waals surface area contributed by atoms with Crippen LogP contribution in [0.2, 0.25) is 0 Å². The molecule has 1 atom stereocenters. The molecule has 0 amide bonds. The van der Waals surface area contributed by atoms with Crippen LogP contribution in [0.15, 0.2) is 12.7 Å². The standard InChI is InChI=1S/C10H16N5O5P/c1-2-20-7(3-19-6-21(16,17)18)15-5-14-8-9(11)12-4-13-10(8)15/h4-5,7H,2-3,6H2,1H3,(H2,11,12,13)(H2,16,17,18)/t7-/m0/s1. The number of aromatic nitrogens is 4. The van der Waals surface area contributed by atoms with Gasteiger partial charge in [-0.05, 0) is 6.92 Å². The lowest BCUT2D eigenvalue weighted by Gasteiger charge is -2.19. The Morgan fingerprint density at radius 3 is 2.86 bits per heavy atom. The van der Waals surface area contributed by atoms with Crippen molar-refractivity contribution in [3.8, 4) is 0 Å². The van der Waals surface area contributed by atoms with E-state index in [4.69, 9.17) is 25.0 Å². The predicted molar refractivity (Wildman–Crippen MR) is 73.3 cm³/mol. The Morgan fingerprint density at radius 1 is 1.43 bits per heavy atom. The van der Waals surface area contributed by atoms with E-state index in [1.807, 2.05) is 0 Å². The van der Waals surface area contributed by atoms with Crippen molar-refractivity contribution in [1.82, 2.24) is 19.5 Å². The molecule has 116 valence electrons. The van der Waals surface area contributed by atoms with Crippen molar-refractivity contribution in [2.45, 2.75) is 13.2 Å². The third-order valence-electron chi connectivity index (χ3n) is 2.58. The van der Waals surface area contributed by atoms with E-state index in [9.17, 15) is 4.57 Å². The van der Waals surface area contributed by atoms with Crippen molar-refractivity contribution < 1.29 is 23.8 Å². The molecule has 10 nitrogen and oxygen atoms in total. The maximum atomic E-state index is 10.8. The molecule has 0 radical (unpaired) electrons. The van der Waals surface area contributed by atoms with Crippen LogP contribution in [0.4, 0.5) is 5.82 Å². The van der Waals surface area contributed by atoms with Gasteiger partial charge in [0.25, 0.3) is 0 Å². The normalized spacial score (nSPS) is 13.7. The van der Waals surface area contributed by atoms with Gasteiger partial charge in [0.2, 0.25) is 0 Å². The van der Waals surface area contributed by atoms with Crippen LogP contribution in [0.1, 0.15) is 13.2 Å². The van der Waals surface area contributed by atoms with E-state index >= 15 is 0 Å². The number of hydrogen-bond acceptors (Lipinski definition) is 7. The summed E-state index contributed by atoms with van der Waals surface area (Å²) >= 11 is 0. The molecule has 2 aromatic rings. The SMILES string of the molecule is CCO[C@@H](COCP(=O)(O)O)n1cnc2c(N)ncnc21. The maximum absolute atomic E-state index is 10.8. The molecule has 0 aromatic carbocycles. The average molecular weight is 317 g/mol. The molecule has 2 rings (SSSR count). The molecule has 0 unspecified atom stereocenters. The highest BCUT2D eigenvalue weighted by Crippen LogP contribution is 2.34. The van der Waals surface area contributed by atoms with Gasteiger partial charge < -0.3 is 25.0 Å². The number of nitrogens with two attached hydrogens (primary N) is 1. The first-order chi connectivity index (χ1) is 9.92. The lowest BCUT2D eigenvalue weighted by Crippen LogP contribution is -2.19. The van der Waals surface area contributed by atoms with Crippen LogP contribution in [0.25, 0.3) is 11.2 Å². The number of nitrogens with zero attached hydrogens (tertiary/aromatic N) is 4. The third kappa shape index (κ3) is 3.96. The summed E-state index contributed by atoms with van der Waals surface area (Å²) < 4.78 is 22.9. The van der Waals surface area contributed by atoms with Crippen molar-refractivity contribution in [2.24, 2.45) is 0 Å². The number of rotatable bonds is 7. The number of nitrogen functional groups attached to an aromatic ring is 1. The topological polar surface area (TPSA) is 146 Å². The minimum Gasteiger partial charge on any atom is -0.382 e.